The molecule has 0 amide bonds. The van der Waals surface area contributed by atoms with E-state index in [1.54, 1.807) is 0 Å². The van der Waals surface area contributed by atoms with Gasteiger partial charge in [-0.25, -0.2) is 0 Å². The van der Waals surface area contributed by atoms with Crippen LogP contribution in [0.25, 0.3) is 0 Å². The fraction of sp³-hybridized carbons (Fsp3) is 0.500. The SMILES string of the molecule is [2H]c1nc(C2([2H])C([2H])([2H])C([2H])([2H])OC([2H])([2H])C2([2H])[2H])c([2H])c([2H])c1Br. The number of halogens is 1. The van der Waals surface area contributed by atoms with Crippen LogP contribution in [0.3, 0.4) is 0 Å². The lowest BCUT2D eigenvalue weighted by atomic mass is 9.96. The van der Waals surface area contributed by atoms with E-state index < -0.39 is 55.7 Å². The van der Waals surface area contributed by atoms with Crippen molar-refractivity contribution in [1.82, 2.24) is 4.98 Å². The Labute approximate surface area is 103 Å². The van der Waals surface area contributed by atoms with E-state index in [1.165, 1.54) is 0 Å². The van der Waals surface area contributed by atoms with Crippen molar-refractivity contribution >= 4 is 15.9 Å². The van der Waals surface area contributed by atoms with E-state index in [2.05, 4.69) is 25.7 Å². The molecule has 1 aromatic rings. The van der Waals surface area contributed by atoms with Gasteiger partial charge in [-0.05, 0) is 40.8 Å². The third-order valence-electron chi connectivity index (χ3n) is 1.25. The fourth-order valence-corrected chi connectivity index (χ4v) is 0.909. The largest absolute Gasteiger partial charge is 0.381 e. The minimum Gasteiger partial charge on any atom is -0.381 e. The number of hydrogen-bond donors (Lipinski definition) is 0. The van der Waals surface area contributed by atoms with Gasteiger partial charge < -0.3 is 4.74 Å². The van der Waals surface area contributed by atoms with Crippen LogP contribution in [0.2, 0.25) is 0 Å². The molecule has 2 nitrogen and oxygen atoms in total. The molecule has 0 unspecified atom stereocenters. The molecule has 3 heteroatoms. The predicted octanol–water partition coefficient (Wildman–Crippen LogP) is 2.74. The average Bonchev–Trinajstić information content (AvgIpc) is 2.45. The minimum atomic E-state index is -3.51. The summed E-state index contributed by atoms with van der Waals surface area (Å²) in [5, 5.41) is 0. The zero-order chi connectivity index (χ0) is 19.8. The van der Waals surface area contributed by atoms with Crippen molar-refractivity contribution in [3.63, 3.8) is 0 Å². The minimum absolute atomic E-state index is 0.246. The molecule has 1 aromatic heterocycles. The average molecular weight is 254 g/mol. The van der Waals surface area contributed by atoms with Gasteiger partial charge in [0.15, 0.2) is 0 Å². The Hall–Kier alpha value is -0.410. The van der Waals surface area contributed by atoms with E-state index in [1.807, 2.05) is 0 Å². The van der Waals surface area contributed by atoms with Gasteiger partial charge in [-0.3, -0.25) is 4.98 Å². The molecule has 13 heavy (non-hydrogen) atoms. The van der Waals surface area contributed by atoms with Crippen LogP contribution in [0.4, 0.5) is 0 Å². The Kier molecular flexibility index (Phi) is 0.835. The molecular weight excluding hydrogens is 230 g/mol. The molecule has 1 aliphatic heterocycles. The molecule has 0 atom stereocenters. The van der Waals surface area contributed by atoms with E-state index >= 15 is 0 Å². The maximum absolute atomic E-state index is 8.41. The number of pyridine rings is 1. The van der Waals surface area contributed by atoms with Gasteiger partial charge in [-0.15, -0.1) is 0 Å². The van der Waals surface area contributed by atoms with E-state index in [9.17, 15) is 0 Å². The van der Waals surface area contributed by atoms with Gasteiger partial charge in [-0.1, -0.05) is 0 Å². The molecule has 0 N–H and O–H groups in total. The highest BCUT2D eigenvalue weighted by atomic mass is 79.9. The molecule has 0 radical (unpaired) electrons. The summed E-state index contributed by atoms with van der Waals surface area (Å²) in [4.78, 5) is 3.51. The maximum atomic E-state index is 8.41. The van der Waals surface area contributed by atoms with Crippen LogP contribution >= 0.6 is 15.9 Å². The van der Waals surface area contributed by atoms with Gasteiger partial charge in [-0.2, -0.15) is 0 Å². The predicted molar refractivity (Wildman–Crippen MR) is 54.7 cm³/mol. The first kappa shape index (κ1) is 2.58. The normalized spacial score (nSPS) is 50.2. The van der Waals surface area contributed by atoms with E-state index in [0.717, 1.165) is 0 Å². The number of hydrogen-bond acceptors (Lipinski definition) is 2. The summed E-state index contributed by atoms with van der Waals surface area (Å²) in [7, 11) is 0. The second-order valence-corrected chi connectivity index (χ2v) is 2.86. The van der Waals surface area contributed by atoms with E-state index in [4.69, 9.17) is 16.4 Å². The Morgan fingerprint density at radius 1 is 1.62 bits per heavy atom. The third kappa shape index (κ3) is 2.29. The maximum Gasteiger partial charge on any atom is 0.0852 e. The van der Waals surface area contributed by atoms with Crippen LogP contribution in [-0.4, -0.2) is 18.1 Å². The monoisotopic (exact) mass is 253 g/mol. The molecule has 0 saturated carbocycles. The van der Waals surface area contributed by atoms with Crippen molar-refractivity contribution in [2.75, 3.05) is 13.1 Å². The number of nitrogens with zero attached hydrogens (tertiary/aromatic N) is 1. The zero-order valence-electron chi connectivity index (χ0n) is 18.2. The van der Waals surface area contributed by atoms with Crippen LogP contribution < -0.4 is 0 Å². The van der Waals surface area contributed by atoms with Gasteiger partial charge in [0.2, 0.25) is 0 Å². The summed E-state index contributed by atoms with van der Waals surface area (Å²) in [6.07, 6.45) is -7.71. The van der Waals surface area contributed by atoms with Crippen LogP contribution in [0.1, 0.15) is 40.8 Å². The second kappa shape index (κ2) is 4.20. The van der Waals surface area contributed by atoms with Crippen molar-refractivity contribution in [2.24, 2.45) is 0 Å². The summed E-state index contributed by atoms with van der Waals surface area (Å²) in [6, 6.07) is -1.60. The molecule has 1 saturated heterocycles. The summed E-state index contributed by atoms with van der Waals surface area (Å²) in [5.41, 5.74) is -1.06. The molecule has 0 spiro atoms. The molecule has 70 valence electrons. The first-order valence-electron chi connectivity index (χ1n) is 9.29. The Bertz CT molecular complexity index is 709. The molecule has 1 fully saturated rings. The second-order valence-electron chi connectivity index (χ2n) is 2.07. The smallest absolute Gasteiger partial charge is 0.0852 e. The van der Waals surface area contributed by atoms with Crippen molar-refractivity contribution < 1.29 is 21.2 Å². The van der Waals surface area contributed by atoms with Crippen LogP contribution in [0, 0.1) is 0 Å². The third-order valence-corrected chi connectivity index (χ3v) is 1.62. The summed E-state index contributed by atoms with van der Waals surface area (Å²) < 4.78 is 98.2. The molecule has 1 aliphatic rings. The number of ether oxygens (including phenoxy) is 1. The van der Waals surface area contributed by atoms with Gasteiger partial charge >= 0.3 is 0 Å². The molecule has 0 bridgehead atoms. The highest BCUT2D eigenvalue weighted by Gasteiger charge is 2.16. The summed E-state index contributed by atoms with van der Waals surface area (Å²) in [5.74, 6) is -3.42. The zero-order valence-corrected chi connectivity index (χ0v) is 7.82. The molecule has 2 rings (SSSR count). The first-order chi connectivity index (χ1) is 11.0. The Balaban J connectivity index is 2.97. The van der Waals surface area contributed by atoms with Crippen molar-refractivity contribution in [3.8, 4) is 0 Å². The molecule has 0 aromatic carbocycles. The van der Waals surface area contributed by atoms with Crippen LogP contribution in [0.5, 0.6) is 0 Å². The van der Waals surface area contributed by atoms with Crippen molar-refractivity contribution in [3.05, 3.63) is 28.4 Å². The van der Waals surface area contributed by atoms with E-state index in [0.29, 0.717) is 0 Å². The highest BCUT2D eigenvalue weighted by molar-refractivity contribution is 9.10. The lowest BCUT2D eigenvalue weighted by Gasteiger charge is -2.21. The number of rotatable bonds is 1. The molecule has 2 heterocycles. The summed E-state index contributed by atoms with van der Waals surface area (Å²) >= 11 is 2.83. The lowest BCUT2D eigenvalue weighted by molar-refractivity contribution is 0.0845. The number of aromatic nitrogens is 1. The highest BCUT2D eigenvalue weighted by Crippen LogP contribution is 2.25. The Morgan fingerprint density at radius 2 is 2.38 bits per heavy atom. The van der Waals surface area contributed by atoms with Crippen molar-refractivity contribution in [1.29, 1.82) is 0 Å². The van der Waals surface area contributed by atoms with Gasteiger partial charge in [0.25, 0.3) is 0 Å². The fourth-order valence-electron chi connectivity index (χ4n) is 0.722. The molecule has 0 aliphatic carbocycles. The van der Waals surface area contributed by atoms with Crippen LogP contribution in [-0.2, 0) is 4.74 Å². The standard InChI is InChI=1S/C10H12BrNO/c11-9-1-2-10(12-7-9)8-3-5-13-6-4-8/h1-2,7-8H,3-6H2/i1D,2D,3D2,4D2,5D2,6D2,7D,8D. The van der Waals surface area contributed by atoms with Gasteiger partial charge in [0.1, 0.15) is 0 Å². The van der Waals surface area contributed by atoms with Crippen LogP contribution in [0.15, 0.2) is 22.7 Å². The summed E-state index contributed by atoms with van der Waals surface area (Å²) in [6.45, 7) is -6.90. The lowest BCUT2D eigenvalue weighted by Crippen LogP contribution is -2.14. The Morgan fingerprint density at radius 3 is 3.15 bits per heavy atom. The van der Waals surface area contributed by atoms with E-state index in [-0.39, 0.29) is 4.47 Å². The van der Waals surface area contributed by atoms with Crippen molar-refractivity contribution in [2.45, 2.75) is 18.6 Å². The van der Waals surface area contributed by atoms with Gasteiger partial charge in [0, 0.05) is 42.2 Å². The molecular formula is C10H12BrNO. The topological polar surface area (TPSA) is 22.1 Å². The first-order valence-corrected chi connectivity index (χ1v) is 4.09. The quantitative estimate of drug-likeness (QED) is 0.768. The van der Waals surface area contributed by atoms with Gasteiger partial charge in [0.05, 0.1) is 9.60 Å².